The van der Waals surface area contributed by atoms with Crippen LogP contribution in [0.25, 0.3) is 33.1 Å². The first-order chi connectivity index (χ1) is 12.0. The van der Waals surface area contributed by atoms with Crippen molar-refractivity contribution in [1.82, 2.24) is 15.1 Å². The van der Waals surface area contributed by atoms with Gasteiger partial charge in [-0.2, -0.15) is 0 Å². The van der Waals surface area contributed by atoms with Gasteiger partial charge in [0.15, 0.2) is 0 Å². The molecule has 4 aromatic rings. The zero-order chi connectivity index (χ0) is 17.7. The second kappa shape index (κ2) is 5.41. The fourth-order valence-electron chi connectivity index (χ4n) is 3.12. The number of esters is 1. The van der Waals surface area contributed by atoms with E-state index in [1.54, 1.807) is 12.3 Å². The molecule has 0 radical (unpaired) electrons. The van der Waals surface area contributed by atoms with Crippen LogP contribution in [0.5, 0.6) is 0 Å². The van der Waals surface area contributed by atoms with E-state index < -0.39 is 11.8 Å². The fourth-order valence-corrected chi connectivity index (χ4v) is 3.12. The van der Waals surface area contributed by atoms with Crippen molar-refractivity contribution in [2.24, 2.45) is 0 Å². The van der Waals surface area contributed by atoms with E-state index in [4.69, 9.17) is 4.52 Å². The number of fused-ring (bicyclic) bond motifs is 3. The summed E-state index contributed by atoms with van der Waals surface area (Å²) in [6, 6.07) is 4.58. The van der Waals surface area contributed by atoms with Crippen LogP contribution >= 0.6 is 0 Å². The number of aromatic nitrogens is 3. The number of halogens is 1. The monoisotopic (exact) mass is 339 g/mol. The quantitative estimate of drug-likeness (QED) is 0.560. The number of benzene rings is 1. The molecule has 1 N–H and O–H groups in total. The number of methoxy groups -OCH3 is 1. The van der Waals surface area contributed by atoms with Crippen molar-refractivity contribution >= 4 is 27.9 Å². The van der Waals surface area contributed by atoms with Crippen LogP contribution in [0.1, 0.15) is 21.8 Å². The molecule has 0 aliphatic carbocycles. The minimum atomic E-state index is -0.594. The molecule has 0 fully saturated rings. The molecular weight excluding hydrogens is 325 g/mol. The fraction of sp³-hybridized carbons (Fsp3) is 0.167. The Bertz CT molecular complexity index is 1120. The summed E-state index contributed by atoms with van der Waals surface area (Å²) in [6.45, 7) is 3.68. The van der Waals surface area contributed by atoms with E-state index >= 15 is 0 Å². The van der Waals surface area contributed by atoms with Crippen LogP contribution in [0, 0.1) is 19.7 Å². The standard InChI is InChI=1S/C18H14FN3O3/c1-8-15(9(2)25-22-8)11-6-14-17(20-7-11)16-12(19)4-10(18(23)24-3)5-13(16)21-14/h4-7,21H,1-3H3. The van der Waals surface area contributed by atoms with Crippen LogP contribution in [-0.4, -0.2) is 28.2 Å². The van der Waals surface area contributed by atoms with E-state index in [-0.39, 0.29) is 5.56 Å². The number of hydrogen-bond donors (Lipinski definition) is 1. The maximum Gasteiger partial charge on any atom is 0.338 e. The van der Waals surface area contributed by atoms with Crippen LogP contribution < -0.4 is 0 Å². The summed E-state index contributed by atoms with van der Waals surface area (Å²) in [7, 11) is 1.26. The first-order valence-corrected chi connectivity index (χ1v) is 7.62. The molecule has 0 saturated heterocycles. The Morgan fingerprint density at radius 2 is 2.04 bits per heavy atom. The number of pyridine rings is 1. The summed E-state index contributed by atoms with van der Waals surface area (Å²) in [4.78, 5) is 19.2. The lowest BCUT2D eigenvalue weighted by molar-refractivity contribution is 0.0600. The number of nitrogens with one attached hydrogen (secondary N) is 1. The number of carbonyl (C=O) groups is 1. The maximum atomic E-state index is 14.5. The van der Waals surface area contributed by atoms with Gasteiger partial charge in [-0.15, -0.1) is 0 Å². The summed E-state index contributed by atoms with van der Waals surface area (Å²) in [6.07, 6.45) is 1.66. The van der Waals surface area contributed by atoms with Crippen molar-refractivity contribution < 1.29 is 18.4 Å². The normalized spacial score (nSPS) is 11.4. The van der Waals surface area contributed by atoms with Crippen LogP contribution in [-0.2, 0) is 4.74 Å². The highest BCUT2D eigenvalue weighted by Gasteiger charge is 2.18. The van der Waals surface area contributed by atoms with Gasteiger partial charge in [0.05, 0.1) is 40.3 Å². The largest absolute Gasteiger partial charge is 0.465 e. The predicted molar refractivity (Wildman–Crippen MR) is 89.9 cm³/mol. The van der Waals surface area contributed by atoms with E-state index in [1.807, 2.05) is 19.9 Å². The number of rotatable bonds is 2. The number of hydrogen-bond acceptors (Lipinski definition) is 5. The first-order valence-electron chi connectivity index (χ1n) is 7.62. The lowest BCUT2D eigenvalue weighted by Gasteiger charge is -2.01. The summed E-state index contributed by atoms with van der Waals surface area (Å²) >= 11 is 0. The number of nitrogens with zero attached hydrogens (tertiary/aromatic N) is 2. The van der Waals surface area contributed by atoms with Crippen molar-refractivity contribution in [2.45, 2.75) is 13.8 Å². The SMILES string of the molecule is COC(=O)c1cc(F)c2c(c1)[nH]c1cc(-c3c(C)noc3C)cnc12. The van der Waals surface area contributed by atoms with E-state index in [0.29, 0.717) is 27.7 Å². The second-order valence-corrected chi connectivity index (χ2v) is 5.82. The third-order valence-electron chi connectivity index (χ3n) is 4.23. The van der Waals surface area contributed by atoms with Crippen molar-refractivity contribution in [3.63, 3.8) is 0 Å². The van der Waals surface area contributed by atoms with E-state index in [0.717, 1.165) is 22.9 Å². The summed E-state index contributed by atoms with van der Waals surface area (Å²) < 4.78 is 24.4. The van der Waals surface area contributed by atoms with Gasteiger partial charge in [0, 0.05) is 17.3 Å². The van der Waals surface area contributed by atoms with Gasteiger partial charge in [-0.05, 0) is 32.0 Å². The average molecular weight is 339 g/mol. The summed E-state index contributed by atoms with van der Waals surface area (Å²) in [5.41, 5.74) is 4.23. The van der Waals surface area contributed by atoms with E-state index in [9.17, 15) is 9.18 Å². The minimum Gasteiger partial charge on any atom is -0.465 e. The molecule has 0 bridgehead atoms. The van der Waals surface area contributed by atoms with Gasteiger partial charge in [-0.3, -0.25) is 4.98 Å². The zero-order valence-electron chi connectivity index (χ0n) is 13.8. The molecule has 4 rings (SSSR count). The molecule has 0 unspecified atom stereocenters. The van der Waals surface area contributed by atoms with Crippen molar-refractivity contribution in [3.05, 3.63) is 47.2 Å². The molecule has 7 heteroatoms. The predicted octanol–water partition coefficient (Wildman–Crippen LogP) is 3.91. The number of carbonyl (C=O) groups excluding carboxylic acids is 1. The number of aryl methyl sites for hydroxylation is 2. The molecule has 0 saturated carbocycles. The number of ether oxygens (including phenoxy) is 1. The molecule has 0 aliphatic heterocycles. The highest BCUT2D eigenvalue weighted by molar-refractivity contribution is 6.08. The Morgan fingerprint density at radius 3 is 2.72 bits per heavy atom. The van der Waals surface area contributed by atoms with Gasteiger partial charge in [-0.1, -0.05) is 5.16 Å². The Morgan fingerprint density at radius 1 is 1.24 bits per heavy atom. The van der Waals surface area contributed by atoms with Crippen LogP contribution in [0.4, 0.5) is 4.39 Å². The van der Waals surface area contributed by atoms with Crippen LogP contribution in [0.3, 0.4) is 0 Å². The molecule has 0 aliphatic rings. The van der Waals surface area contributed by atoms with Crippen molar-refractivity contribution in [1.29, 1.82) is 0 Å². The summed E-state index contributed by atoms with van der Waals surface area (Å²) in [5, 5.41) is 4.29. The third kappa shape index (κ3) is 2.27. The van der Waals surface area contributed by atoms with Gasteiger partial charge in [-0.25, -0.2) is 9.18 Å². The first kappa shape index (κ1) is 15.3. The van der Waals surface area contributed by atoms with Crippen LogP contribution in [0.15, 0.2) is 28.9 Å². The molecule has 126 valence electrons. The lowest BCUT2D eigenvalue weighted by Crippen LogP contribution is -2.01. The van der Waals surface area contributed by atoms with Crippen LogP contribution in [0.2, 0.25) is 0 Å². The van der Waals surface area contributed by atoms with Crippen molar-refractivity contribution in [3.8, 4) is 11.1 Å². The zero-order valence-corrected chi connectivity index (χ0v) is 13.8. The maximum absolute atomic E-state index is 14.5. The Hall–Kier alpha value is -3.22. The molecule has 0 spiro atoms. The van der Waals surface area contributed by atoms with Crippen molar-refractivity contribution in [2.75, 3.05) is 7.11 Å². The Kier molecular flexibility index (Phi) is 3.31. The number of H-pyrrole nitrogens is 1. The average Bonchev–Trinajstić information content (AvgIpc) is 3.13. The van der Waals surface area contributed by atoms with Gasteiger partial charge in [0.1, 0.15) is 11.6 Å². The molecule has 3 heterocycles. The highest BCUT2D eigenvalue weighted by atomic mass is 19.1. The molecule has 0 atom stereocenters. The third-order valence-corrected chi connectivity index (χ3v) is 4.23. The van der Waals surface area contributed by atoms with Gasteiger partial charge >= 0.3 is 5.97 Å². The lowest BCUT2D eigenvalue weighted by atomic mass is 10.1. The van der Waals surface area contributed by atoms with Gasteiger partial charge in [0.2, 0.25) is 0 Å². The second-order valence-electron chi connectivity index (χ2n) is 5.82. The number of aromatic amines is 1. The highest BCUT2D eigenvalue weighted by Crippen LogP contribution is 2.32. The molecule has 3 aromatic heterocycles. The van der Waals surface area contributed by atoms with Gasteiger partial charge < -0.3 is 14.2 Å². The smallest absolute Gasteiger partial charge is 0.338 e. The van der Waals surface area contributed by atoms with Gasteiger partial charge in [0.25, 0.3) is 0 Å². The topological polar surface area (TPSA) is 81.0 Å². The Balaban J connectivity index is 1.96. The molecule has 0 amide bonds. The summed E-state index contributed by atoms with van der Waals surface area (Å²) in [5.74, 6) is -0.431. The molecule has 6 nitrogen and oxygen atoms in total. The van der Waals surface area contributed by atoms with E-state index in [2.05, 4.69) is 19.9 Å². The Labute approximate surface area is 141 Å². The minimum absolute atomic E-state index is 0.144. The van der Waals surface area contributed by atoms with E-state index in [1.165, 1.54) is 7.11 Å². The molecular formula is C18H14FN3O3. The molecule has 25 heavy (non-hydrogen) atoms. The molecule has 1 aromatic carbocycles.